The molecular formula is C14H18BNO2S. The first kappa shape index (κ1) is 13.1. The maximum Gasteiger partial charge on any atom is 0.496 e. The van der Waals surface area contributed by atoms with E-state index in [1.807, 2.05) is 19.1 Å². The zero-order chi connectivity index (χ0) is 13.8. The fourth-order valence-electron chi connectivity index (χ4n) is 2.24. The molecule has 0 unspecified atom stereocenters. The zero-order valence-electron chi connectivity index (χ0n) is 12.0. The second kappa shape index (κ2) is 4.04. The van der Waals surface area contributed by atoms with Gasteiger partial charge >= 0.3 is 7.12 Å². The van der Waals surface area contributed by atoms with Crippen LogP contribution in [0.4, 0.5) is 0 Å². The molecule has 3 rings (SSSR count). The highest BCUT2D eigenvalue weighted by Crippen LogP contribution is 2.37. The average Bonchev–Trinajstić information content (AvgIpc) is 2.75. The summed E-state index contributed by atoms with van der Waals surface area (Å²) in [5.74, 6) is 0. The molecule has 1 aliphatic rings. The molecule has 0 radical (unpaired) electrons. The molecule has 1 fully saturated rings. The van der Waals surface area contributed by atoms with Gasteiger partial charge in [0.2, 0.25) is 0 Å². The molecule has 0 bridgehead atoms. The van der Waals surface area contributed by atoms with Crippen molar-refractivity contribution in [1.29, 1.82) is 0 Å². The van der Waals surface area contributed by atoms with Gasteiger partial charge in [-0.15, -0.1) is 11.3 Å². The van der Waals surface area contributed by atoms with Gasteiger partial charge in [-0.1, -0.05) is 12.1 Å². The van der Waals surface area contributed by atoms with Crippen LogP contribution in [-0.4, -0.2) is 23.3 Å². The Bertz CT molecular complexity index is 619. The van der Waals surface area contributed by atoms with E-state index >= 15 is 0 Å². The van der Waals surface area contributed by atoms with Crippen LogP contribution in [0.5, 0.6) is 0 Å². The van der Waals surface area contributed by atoms with Gasteiger partial charge in [-0.05, 0) is 40.7 Å². The van der Waals surface area contributed by atoms with Gasteiger partial charge in [0.1, 0.15) is 0 Å². The number of fused-ring (bicyclic) bond motifs is 1. The Balaban J connectivity index is 2.07. The second-order valence-electron chi connectivity index (χ2n) is 6.02. The largest absolute Gasteiger partial charge is 0.496 e. The molecule has 100 valence electrons. The molecule has 0 aliphatic carbocycles. The SMILES string of the molecule is Cc1nc2cccc(B3OC(C)(C)C(C)(C)O3)c2s1. The number of rotatable bonds is 1. The summed E-state index contributed by atoms with van der Waals surface area (Å²) in [5, 5.41) is 1.07. The highest BCUT2D eigenvalue weighted by atomic mass is 32.1. The van der Waals surface area contributed by atoms with Crippen molar-refractivity contribution in [1.82, 2.24) is 4.98 Å². The van der Waals surface area contributed by atoms with E-state index < -0.39 is 0 Å². The lowest BCUT2D eigenvalue weighted by atomic mass is 9.79. The molecule has 0 N–H and O–H groups in total. The van der Waals surface area contributed by atoms with E-state index in [2.05, 4.69) is 38.7 Å². The second-order valence-corrected chi connectivity index (χ2v) is 7.22. The van der Waals surface area contributed by atoms with Crippen molar-refractivity contribution < 1.29 is 9.31 Å². The summed E-state index contributed by atoms with van der Waals surface area (Å²) in [6, 6.07) is 6.12. The lowest BCUT2D eigenvalue weighted by Crippen LogP contribution is -2.41. The summed E-state index contributed by atoms with van der Waals surface area (Å²) in [6.07, 6.45) is 0. The molecule has 1 aromatic carbocycles. The molecular weight excluding hydrogens is 257 g/mol. The van der Waals surface area contributed by atoms with Crippen LogP contribution in [0, 0.1) is 6.92 Å². The van der Waals surface area contributed by atoms with Gasteiger partial charge in [0.15, 0.2) is 0 Å². The summed E-state index contributed by atoms with van der Waals surface area (Å²) < 4.78 is 13.4. The smallest absolute Gasteiger partial charge is 0.399 e. The van der Waals surface area contributed by atoms with Crippen LogP contribution in [-0.2, 0) is 9.31 Å². The third-order valence-corrected chi connectivity index (χ3v) is 5.10. The number of aryl methyl sites for hydroxylation is 1. The van der Waals surface area contributed by atoms with Crippen LogP contribution >= 0.6 is 11.3 Å². The standard InChI is InChI=1S/C14H18BNO2S/c1-9-16-11-8-6-7-10(12(11)19-9)15-17-13(2,3)14(4,5)18-15/h6-8H,1-5H3. The quantitative estimate of drug-likeness (QED) is 0.750. The summed E-state index contributed by atoms with van der Waals surface area (Å²) in [6.45, 7) is 10.3. The average molecular weight is 275 g/mol. The first-order chi connectivity index (χ1) is 8.80. The first-order valence-electron chi connectivity index (χ1n) is 6.52. The van der Waals surface area contributed by atoms with Gasteiger partial charge in [0.05, 0.1) is 26.4 Å². The number of hydrogen-bond donors (Lipinski definition) is 0. The van der Waals surface area contributed by atoms with Crippen LogP contribution in [0.1, 0.15) is 32.7 Å². The molecule has 0 atom stereocenters. The molecule has 2 heterocycles. The molecule has 0 spiro atoms. The van der Waals surface area contributed by atoms with Crippen molar-refractivity contribution in [2.75, 3.05) is 0 Å². The molecule has 0 amide bonds. The van der Waals surface area contributed by atoms with Crippen molar-refractivity contribution in [2.45, 2.75) is 45.8 Å². The van der Waals surface area contributed by atoms with E-state index in [4.69, 9.17) is 9.31 Å². The van der Waals surface area contributed by atoms with E-state index in [-0.39, 0.29) is 18.3 Å². The van der Waals surface area contributed by atoms with Gasteiger partial charge in [-0.3, -0.25) is 0 Å². The maximum atomic E-state index is 6.12. The Morgan fingerprint density at radius 3 is 2.37 bits per heavy atom. The van der Waals surface area contributed by atoms with Crippen molar-refractivity contribution in [3.8, 4) is 0 Å². The predicted molar refractivity (Wildman–Crippen MR) is 80.1 cm³/mol. The Morgan fingerprint density at radius 2 is 1.74 bits per heavy atom. The normalized spacial score (nSPS) is 21.2. The molecule has 1 saturated heterocycles. The molecule has 1 aliphatic heterocycles. The summed E-state index contributed by atoms with van der Waals surface area (Å²) >= 11 is 1.69. The van der Waals surface area contributed by atoms with Gasteiger partial charge in [0, 0.05) is 5.46 Å². The van der Waals surface area contributed by atoms with Gasteiger partial charge < -0.3 is 9.31 Å². The maximum absolute atomic E-state index is 6.12. The van der Waals surface area contributed by atoms with Crippen LogP contribution in [0.25, 0.3) is 10.2 Å². The van der Waals surface area contributed by atoms with Crippen LogP contribution in [0.3, 0.4) is 0 Å². The Morgan fingerprint density at radius 1 is 1.11 bits per heavy atom. The van der Waals surface area contributed by atoms with Crippen LogP contribution in [0.2, 0.25) is 0 Å². The van der Waals surface area contributed by atoms with Gasteiger partial charge in [-0.2, -0.15) is 0 Å². The summed E-state index contributed by atoms with van der Waals surface area (Å²) in [7, 11) is -0.312. The monoisotopic (exact) mass is 275 g/mol. The molecule has 2 aromatic rings. The van der Waals surface area contributed by atoms with E-state index in [0.717, 1.165) is 16.0 Å². The Hall–Kier alpha value is -0.905. The summed E-state index contributed by atoms with van der Waals surface area (Å²) in [4.78, 5) is 4.53. The minimum absolute atomic E-state index is 0.306. The van der Waals surface area contributed by atoms with Crippen molar-refractivity contribution in [2.24, 2.45) is 0 Å². The Labute approximate surface area is 118 Å². The van der Waals surface area contributed by atoms with Crippen molar-refractivity contribution >= 4 is 34.1 Å². The third kappa shape index (κ3) is 2.00. The molecule has 0 saturated carbocycles. The molecule has 5 heteroatoms. The lowest BCUT2D eigenvalue weighted by molar-refractivity contribution is 0.00578. The summed E-state index contributed by atoms with van der Waals surface area (Å²) in [5.41, 5.74) is 1.50. The zero-order valence-corrected chi connectivity index (χ0v) is 12.8. The first-order valence-corrected chi connectivity index (χ1v) is 7.33. The van der Waals surface area contributed by atoms with E-state index in [9.17, 15) is 0 Å². The number of benzene rings is 1. The number of hydrogen-bond acceptors (Lipinski definition) is 4. The van der Waals surface area contributed by atoms with Crippen molar-refractivity contribution in [3.63, 3.8) is 0 Å². The van der Waals surface area contributed by atoms with E-state index in [1.165, 1.54) is 4.70 Å². The number of aromatic nitrogens is 1. The number of thiazole rings is 1. The molecule has 19 heavy (non-hydrogen) atoms. The Kier molecular flexibility index (Phi) is 2.79. The van der Waals surface area contributed by atoms with Crippen LogP contribution in [0.15, 0.2) is 18.2 Å². The fourth-order valence-corrected chi connectivity index (χ4v) is 3.18. The lowest BCUT2D eigenvalue weighted by Gasteiger charge is -2.32. The highest BCUT2D eigenvalue weighted by Gasteiger charge is 2.52. The minimum atomic E-state index is -0.312. The number of nitrogens with zero attached hydrogens (tertiary/aromatic N) is 1. The van der Waals surface area contributed by atoms with Crippen LogP contribution < -0.4 is 5.46 Å². The van der Waals surface area contributed by atoms with Gasteiger partial charge in [-0.25, -0.2) is 4.98 Å². The predicted octanol–water partition coefficient (Wildman–Crippen LogP) is 2.90. The van der Waals surface area contributed by atoms with E-state index in [1.54, 1.807) is 11.3 Å². The highest BCUT2D eigenvalue weighted by molar-refractivity contribution is 7.20. The van der Waals surface area contributed by atoms with E-state index in [0.29, 0.717) is 0 Å². The van der Waals surface area contributed by atoms with Gasteiger partial charge in [0.25, 0.3) is 0 Å². The topological polar surface area (TPSA) is 31.4 Å². The fraction of sp³-hybridized carbons (Fsp3) is 0.500. The third-order valence-electron chi connectivity index (χ3n) is 4.06. The van der Waals surface area contributed by atoms with Crippen molar-refractivity contribution in [3.05, 3.63) is 23.2 Å². The molecule has 1 aromatic heterocycles. The molecule has 3 nitrogen and oxygen atoms in total. The minimum Gasteiger partial charge on any atom is -0.399 e.